The molecule has 16 heavy (non-hydrogen) atoms. The fourth-order valence-electron chi connectivity index (χ4n) is 1.50. The number of morpholine rings is 1. The summed E-state index contributed by atoms with van der Waals surface area (Å²) < 4.78 is 5.27. The van der Waals surface area contributed by atoms with Crippen LogP contribution in [0.3, 0.4) is 0 Å². The summed E-state index contributed by atoms with van der Waals surface area (Å²) in [6, 6.07) is 0. The van der Waals surface area contributed by atoms with E-state index in [9.17, 15) is 0 Å². The highest BCUT2D eigenvalue weighted by Gasteiger charge is 2.14. The zero-order chi connectivity index (χ0) is 12.0. The molecule has 1 aromatic heterocycles. The Morgan fingerprint density at radius 2 is 1.44 bits per heavy atom. The number of anilines is 1. The first-order valence-electron chi connectivity index (χ1n) is 5.78. The molecule has 0 amide bonds. The highest BCUT2D eigenvalue weighted by Crippen LogP contribution is 2.09. The maximum absolute atomic E-state index is 5.27. The standard InChI is InChI=1S/C9H14N4O.C2H6/c1-7-10-8(2)12-9(11-7)13-3-5-14-6-4-13;1-2/h3-6H2,1-2H3;1-2H3. The molecule has 0 bridgehead atoms. The van der Waals surface area contributed by atoms with E-state index in [1.54, 1.807) is 0 Å². The zero-order valence-electron chi connectivity index (χ0n) is 10.5. The van der Waals surface area contributed by atoms with E-state index in [-0.39, 0.29) is 0 Å². The lowest BCUT2D eigenvalue weighted by atomic mass is 10.4. The van der Waals surface area contributed by atoms with Crippen molar-refractivity contribution in [1.82, 2.24) is 15.0 Å². The van der Waals surface area contributed by atoms with Crippen LogP contribution in [0.25, 0.3) is 0 Å². The molecule has 0 spiro atoms. The Morgan fingerprint density at radius 1 is 0.938 bits per heavy atom. The Bertz CT molecular complexity index is 304. The Morgan fingerprint density at radius 3 is 1.94 bits per heavy atom. The molecule has 0 N–H and O–H groups in total. The molecule has 0 radical (unpaired) electrons. The van der Waals surface area contributed by atoms with Crippen LogP contribution in [-0.2, 0) is 4.74 Å². The molecule has 5 nitrogen and oxygen atoms in total. The first-order chi connectivity index (χ1) is 7.75. The van der Waals surface area contributed by atoms with Gasteiger partial charge in [0.15, 0.2) is 0 Å². The lowest BCUT2D eigenvalue weighted by molar-refractivity contribution is 0.122. The fourth-order valence-corrected chi connectivity index (χ4v) is 1.50. The summed E-state index contributed by atoms with van der Waals surface area (Å²) in [5.74, 6) is 2.33. The molecule has 1 aliphatic heterocycles. The largest absolute Gasteiger partial charge is 0.378 e. The van der Waals surface area contributed by atoms with Gasteiger partial charge in [-0.2, -0.15) is 9.97 Å². The third-order valence-corrected chi connectivity index (χ3v) is 2.14. The molecular weight excluding hydrogens is 204 g/mol. The summed E-state index contributed by atoms with van der Waals surface area (Å²) in [5, 5.41) is 0. The van der Waals surface area contributed by atoms with E-state index in [2.05, 4.69) is 19.9 Å². The molecule has 0 atom stereocenters. The van der Waals surface area contributed by atoms with Gasteiger partial charge < -0.3 is 9.64 Å². The predicted octanol–water partition coefficient (Wildman–Crippen LogP) is 1.35. The van der Waals surface area contributed by atoms with Gasteiger partial charge in [0.1, 0.15) is 11.6 Å². The molecule has 0 saturated carbocycles. The van der Waals surface area contributed by atoms with E-state index >= 15 is 0 Å². The summed E-state index contributed by atoms with van der Waals surface area (Å²) in [7, 11) is 0. The molecule has 0 aliphatic carbocycles. The topological polar surface area (TPSA) is 51.1 Å². The van der Waals surface area contributed by atoms with E-state index in [4.69, 9.17) is 4.74 Å². The molecule has 1 fully saturated rings. The first-order valence-corrected chi connectivity index (χ1v) is 5.78. The Hall–Kier alpha value is -1.23. The second-order valence-electron chi connectivity index (χ2n) is 3.33. The quantitative estimate of drug-likeness (QED) is 0.720. The van der Waals surface area contributed by atoms with E-state index in [0.717, 1.165) is 43.9 Å². The summed E-state index contributed by atoms with van der Waals surface area (Å²) in [6.07, 6.45) is 0. The molecule has 1 aliphatic rings. The fraction of sp³-hybridized carbons (Fsp3) is 0.727. The van der Waals surface area contributed by atoms with E-state index in [1.807, 2.05) is 27.7 Å². The van der Waals surface area contributed by atoms with Gasteiger partial charge in [-0.05, 0) is 13.8 Å². The van der Waals surface area contributed by atoms with Crippen molar-refractivity contribution in [1.29, 1.82) is 0 Å². The van der Waals surface area contributed by atoms with Gasteiger partial charge >= 0.3 is 0 Å². The molecule has 5 heteroatoms. The molecular formula is C11H20N4O. The normalized spacial score (nSPS) is 15.4. The summed E-state index contributed by atoms with van der Waals surface area (Å²) in [6.45, 7) is 11.0. The molecule has 2 rings (SSSR count). The number of nitrogens with zero attached hydrogens (tertiary/aromatic N) is 4. The minimum absolute atomic E-state index is 0.754. The van der Waals surface area contributed by atoms with Gasteiger partial charge in [0.05, 0.1) is 13.2 Å². The van der Waals surface area contributed by atoms with Crippen LogP contribution in [0, 0.1) is 13.8 Å². The van der Waals surface area contributed by atoms with E-state index in [1.165, 1.54) is 0 Å². The van der Waals surface area contributed by atoms with Crippen molar-refractivity contribution in [3.63, 3.8) is 0 Å². The van der Waals surface area contributed by atoms with Crippen LogP contribution in [-0.4, -0.2) is 41.3 Å². The second-order valence-corrected chi connectivity index (χ2v) is 3.33. The number of aryl methyl sites for hydroxylation is 2. The van der Waals surface area contributed by atoms with Crippen molar-refractivity contribution in [2.45, 2.75) is 27.7 Å². The van der Waals surface area contributed by atoms with Gasteiger partial charge in [0.2, 0.25) is 5.95 Å². The number of hydrogen-bond donors (Lipinski definition) is 0. The van der Waals surface area contributed by atoms with Crippen molar-refractivity contribution >= 4 is 5.95 Å². The summed E-state index contributed by atoms with van der Waals surface area (Å²) in [5.41, 5.74) is 0. The molecule has 90 valence electrons. The minimum atomic E-state index is 0.754. The van der Waals surface area contributed by atoms with Gasteiger partial charge in [-0.15, -0.1) is 0 Å². The number of ether oxygens (including phenoxy) is 1. The van der Waals surface area contributed by atoms with Crippen LogP contribution in [0.2, 0.25) is 0 Å². The lowest BCUT2D eigenvalue weighted by Gasteiger charge is -2.26. The van der Waals surface area contributed by atoms with E-state index in [0.29, 0.717) is 0 Å². The van der Waals surface area contributed by atoms with Crippen molar-refractivity contribution in [2.75, 3.05) is 31.2 Å². The van der Waals surface area contributed by atoms with Gasteiger partial charge in [0.25, 0.3) is 0 Å². The van der Waals surface area contributed by atoms with Crippen LogP contribution >= 0.6 is 0 Å². The molecule has 1 saturated heterocycles. The Labute approximate surface area is 96.9 Å². The highest BCUT2D eigenvalue weighted by molar-refractivity contribution is 5.29. The van der Waals surface area contributed by atoms with Crippen molar-refractivity contribution in [3.05, 3.63) is 11.6 Å². The van der Waals surface area contributed by atoms with Crippen LogP contribution in [0.1, 0.15) is 25.5 Å². The third kappa shape index (κ3) is 3.41. The molecule has 1 aromatic rings. The zero-order valence-corrected chi connectivity index (χ0v) is 10.5. The maximum Gasteiger partial charge on any atom is 0.228 e. The predicted molar refractivity (Wildman–Crippen MR) is 63.7 cm³/mol. The van der Waals surface area contributed by atoms with Crippen LogP contribution in [0.4, 0.5) is 5.95 Å². The second kappa shape index (κ2) is 6.37. The summed E-state index contributed by atoms with van der Waals surface area (Å²) in [4.78, 5) is 14.9. The SMILES string of the molecule is CC.Cc1nc(C)nc(N2CCOCC2)n1. The van der Waals surface area contributed by atoms with E-state index < -0.39 is 0 Å². The maximum atomic E-state index is 5.27. The van der Waals surface area contributed by atoms with Gasteiger partial charge in [-0.25, -0.2) is 4.98 Å². The van der Waals surface area contributed by atoms with Crippen molar-refractivity contribution in [3.8, 4) is 0 Å². The molecule has 0 aromatic carbocycles. The van der Waals surface area contributed by atoms with Gasteiger partial charge in [-0.3, -0.25) is 0 Å². The van der Waals surface area contributed by atoms with Gasteiger partial charge in [0, 0.05) is 13.1 Å². The average Bonchev–Trinajstić information content (AvgIpc) is 2.32. The lowest BCUT2D eigenvalue weighted by Crippen LogP contribution is -2.37. The van der Waals surface area contributed by atoms with Crippen LogP contribution in [0.5, 0.6) is 0 Å². The highest BCUT2D eigenvalue weighted by atomic mass is 16.5. The van der Waals surface area contributed by atoms with Gasteiger partial charge in [-0.1, -0.05) is 13.8 Å². The third-order valence-electron chi connectivity index (χ3n) is 2.14. The first kappa shape index (κ1) is 12.8. The molecule has 0 unspecified atom stereocenters. The Kier molecular flexibility index (Phi) is 5.11. The smallest absolute Gasteiger partial charge is 0.228 e. The summed E-state index contributed by atoms with van der Waals surface area (Å²) >= 11 is 0. The average molecular weight is 224 g/mol. The molecule has 2 heterocycles. The van der Waals surface area contributed by atoms with Crippen molar-refractivity contribution < 1.29 is 4.74 Å². The minimum Gasteiger partial charge on any atom is -0.378 e. The van der Waals surface area contributed by atoms with Crippen LogP contribution in [0.15, 0.2) is 0 Å². The number of hydrogen-bond acceptors (Lipinski definition) is 5. The van der Waals surface area contributed by atoms with Crippen molar-refractivity contribution in [2.24, 2.45) is 0 Å². The number of rotatable bonds is 1. The number of aromatic nitrogens is 3. The Balaban J connectivity index is 0.000000606. The van der Waals surface area contributed by atoms with Crippen LogP contribution < -0.4 is 4.90 Å². The monoisotopic (exact) mass is 224 g/mol.